The molecule has 0 aliphatic heterocycles. The van der Waals surface area contributed by atoms with Crippen LogP contribution in [0.25, 0.3) is 0 Å². The van der Waals surface area contributed by atoms with E-state index in [1.54, 1.807) is 6.07 Å². The molecule has 5 nitrogen and oxygen atoms in total. The average Bonchev–Trinajstić information content (AvgIpc) is 2.33. The molecule has 16 heavy (non-hydrogen) atoms. The van der Waals surface area contributed by atoms with Crippen LogP contribution in [-0.2, 0) is 0 Å². The highest BCUT2D eigenvalue weighted by Gasteiger charge is 2.23. The van der Waals surface area contributed by atoms with E-state index in [1.807, 2.05) is 0 Å². The van der Waals surface area contributed by atoms with Crippen molar-refractivity contribution in [3.63, 3.8) is 0 Å². The first kappa shape index (κ1) is 10.8. The van der Waals surface area contributed by atoms with Crippen molar-refractivity contribution in [3.05, 3.63) is 17.8 Å². The van der Waals surface area contributed by atoms with E-state index < -0.39 is 0 Å². The van der Waals surface area contributed by atoms with Gasteiger partial charge in [0, 0.05) is 0 Å². The Morgan fingerprint density at radius 2 is 2.25 bits per heavy atom. The quantitative estimate of drug-likeness (QED) is 0.775. The molecular weight excluding hydrogens is 204 g/mol. The molecule has 1 aromatic rings. The summed E-state index contributed by atoms with van der Waals surface area (Å²) < 4.78 is 0. The van der Waals surface area contributed by atoms with Crippen LogP contribution in [-0.4, -0.2) is 27.4 Å². The van der Waals surface area contributed by atoms with Crippen LogP contribution in [0, 0.1) is 11.3 Å². The number of nitriles is 1. The number of rotatable bonds is 2. The minimum absolute atomic E-state index is 0.0162. The number of anilines is 1. The van der Waals surface area contributed by atoms with E-state index in [0.29, 0.717) is 11.4 Å². The van der Waals surface area contributed by atoms with Crippen LogP contribution in [0.2, 0.25) is 0 Å². The van der Waals surface area contributed by atoms with E-state index in [9.17, 15) is 5.11 Å². The summed E-state index contributed by atoms with van der Waals surface area (Å²) >= 11 is 0. The lowest BCUT2D eigenvalue weighted by molar-refractivity contribution is 0.116. The van der Waals surface area contributed by atoms with Crippen LogP contribution in [0.15, 0.2) is 12.3 Å². The molecule has 1 aromatic heterocycles. The van der Waals surface area contributed by atoms with Gasteiger partial charge in [0.05, 0.1) is 23.9 Å². The fraction of sp³-hybridized carbons (Fsp3) is 0.545. The maximum Gasteiger partial charge on any atom is 0.166 e. The van der Waals surface area contributed by atoms with Gasteiger partial charge < -0.3 is 10.4 Å². The molecule has 1 aliphatic carbocycles. The second-order valence-electron chi connectivity index (χ2n) is 4.01. The van der Waals surface area contributed by atoms with Gasteiger partial charge in [0.25, 0.3) is 0 Å². The summed E-state index contributed by atoms with van der Waals surface area (Å²) in [6.07, 6.45) is 4.99. The molecule has 2 atom stereocenters. The number of hydrogen-bond acceptors (Lipinski definition) is 5. The summed E-state index contributed by atoms with van der Waals surface area (Å²) in [6, 6.07) is 3.65. The van der Waals surface area contributed by atoms with E-state index in [2.05, 4.69) is 21.6 Å². The summed E-state index contributed by atoms with van der Waals surface area (Å²) in [6.45, 7) is 0. The van der Waals surface area contributed by atoms with Crippen molar-refractivity contribution in [2.75, 3.05) is 5.32 Å². The number of nitrogens with one attached hydrogen (secondary N) is 1. The second kappa shape index (κ2) is 4.90. The lowest BCUT2D eigenvalue weighted by Gasteiger charge is -2.28. The van der Waals surface area contributed by atoms with Crippen molar-refractivity contribution < 1.29 is 5.11 Å². The van der Waals surface area contributed by atoms with Crippen LogP contribution in [0.4, 0.5) is 5.82 Å². The van der Waals surface area contributed by atoms with Gasteiger partial charge in [0.15, 0.2) is 5.82 Å². The van der Waals surface area contributed by atoms with Gasteiger partial charge in [0.1, 0.15) is 6.07 Å². The molecule has 1 saturated carbocycles. The van der Waals surface area contributed by atoms with Gasteiger partial charge in [-0.2, -0.15) is 10.4 Å². The van der Waals surface area contributed by atoms with Crippen molar-refractivity contribution >= 4 is 5.82 Å². The summed E-state index contributed by atoms with van der Waals surface area (Å²) in [5, 5.41) is 29.4. The molecule has 0 amide bonds. The molecule has 1 heterocycles. The summed E-state index contributed by atoms with van der Waals surface area (Å²) in [7, 11) is 0. The largest absolute Gasteiger partial charge is 0.391 e. The first-order valence-electron chi connectivity index (χ1n) is 5.47. The minimum atomic E-state index is -0.359. The first-order valence-corrected chi connectivity index (χ1v) is 5.47. The molecule has 84 valence electrons. The molecule has 0 bridgehead atoms. The highest BCUT2D eigenvalue weighted by atomic mass is 16.3. The number of aromatic nitrogens is 2. The Bertz CT molecular complexity index is 401. The molecule has 0 saturated heterocycles. The van der Waals surface area contributed by atoms with E-state index in [4.69, 9.17) is 5.26 Å². The zero-order chi connectivity index (χ0) is 11.4. The minimum Gasteiger partial charge on any atom is -0.391 e. The monoisotopic (exact) mass is 218 g/mol. The van der Waals surface area contributed by atoms with Gasteiger partial charge in [-0.3, -0.25) is 0 Å². The average molecular weight is 218 g/mol. The van der Waals surface area contributed by atoms with Crippen molar-refractivity contribution in [3.8, 4) is 6.07 Å². The SMILES string of the molecule is N#Cc1ccnnc1NC1CCCCC1O. The van der Waals surface area contributed by atoms with Crippen LogP contribution in [0.5, 0.6) is 0 Å². The number of hydrogen-bond donors (Lipinski definition) is 2. The molecule has 0 radical (unpaired) electrons. The molecule has 2 unspecified atom stereocenters. The fourth-order valence-corrected chi connectivity index (χ4v) is 1.98. The van der Waals surface area contributed by atoms with Gasteiger partial charge >= 0.3 is 0 Å². The third-order valence-electron chi connectivity index (χ3n) is 2.89. The molecule has 2 N–H and O–H groups in total. The topological polar surface area (TPSA) is 81.8 Å². The summed E-state index contributed by atoms with van der Waals surface area (Å²) in [5.74, 6) is 0.468. The second-order valence-corrected chi connectivity index (χ2v) is 4.01. The molecule has 1 aliphatic rings. The number of aliphatic hydroxyl groups is 1. The van der Waals surface area contributed by atoms with E-state index in [1.165, 1.54) is 6.20 Å². The zero-order valence-electron chi connectivity index (χ0n) is 8.93. The zero-order valence-corrected chi connectivity index (χ0v) is 8.93. The maximum atomic E-state index is 9.80. The van der Waals surface area contributed by atoms with Crippen LogP contribution < -0.4 is 5.32 Å². The van der Waals surface area contributed by atoms with Crippen LogP contribution in [0.3, 0.4) is 0 Å². The van der Waals surface area contributed by atoms with Crippen LogP contribution in [0.1, 0.15) is 31.2 Å². The lowest BCUT2D eigenvalue weighted by Crippen LogP contribution is -2.36. The normalized spacial score (nSPS) is 24.8. The summed E-state index contributed by atoms with van der Waals surface area (Å²) in [5.41, 5.74) is 0.466. The van der Waals surface area contributed by atoms with Crippen molar-refractivity contribution in [1.29, 1.82) is 5.26 Å². The van der Waals surface area contributed by atoms with Crippen molar-refractivity contribution in [2.24, 2.45) is 0 Å². The van der Waals surface area contributed by atoms with E-state index in [0.717, 1.165) is 25.7 Å². The molecule has 0 spiro atoms. The van der Waals surface area contributed by atoms with Crippen LogP contribution >= 0.6 is 0 Å². The Morgan fingerprint density at radius 3 is 3.00 bits per heavy atom. The highest BCUT2D eigenvalue weighted by molar-refractivity contribution is 5.50. The fourth-order valence-electron chi connectivity index (χ4n) is 1.98. The van der Waals surface area contributed by atoms with Gasteiger partial charge in [-0.15, -0.1) is 5.10 Å². The molecule has 5 heteroatoms. The summed E-state index contributed by atoms with van der Waals surface area (Å²) in [4.78, 5) is 0. The number of aliphatic hydroxyl groups excluding tert-OH is 1. The predicted molar refractivity (Wildman–Crippen MR) is 58.6 cm³/mol. The molecule has 2 rings (SSSR count). The van der Waals surface area contributed by atoms with Gasteiger partial charge in [-0.05, 0) is 18.9 Å². The van der Waals surface area contributed by atoms with Gasteiger partial charge in [-0.1, -0.05) is 12.8 Å². The Labute approximate surface area is 94.1 Å². The standard InChI is InChI=1S/C11H14N4O/c12-7-8-5-6-13-15-11(8)14-9-3-1-2-4-10(9)16/h5-6,9-10,16H,1-4H2,(H,14,15). The smallest absolute Gasteiger partial charge is 0.166 e. The third kappa shape index (κ3) is 2.28. The molecule has 0 aromatic carbocycles. The lowest BCUT2D eigenvalue weighted by atomic mass is 9.92. The number of nitrogens with zero attached hydrogens (tertiary/aromatic N) is 3. The Kier molecular flexibility index (Phi) is 3.32. The third-order valence-corrected chi connectivity index (χ3v) is 2.89. The highest BCUT2D eigenvalue weighted by Crippen LogP contribution is 2.22. The van der Waals surface area contributed by atoms with Crippen molar-refractivity contribution in [2.45, 2.75) is 37.8 Å². The van der Waals surface area contributed by atoms with Crippen molar-refractivity contribution in [1.82, 2.24) is 10.2 Å². The van der Waals surface area contributed by atoms with Gasteiger partial charge in [0.2, 0.25) is 0 Å². The van der Waals surface area contributed by atoms with Gasteiger partial charge in [-0.25, -0.2) is 0 Å². The maximum absolute atomic E-state index is 9.80. The first-order chi connectivity index (χ1) is 7.81. The predicted octanol–water partition coefficient (Wildman–Crippen LogP) is 1.06. The molecule has 1 fully saturated rings. The Hall–Kier alpha value is -1.67. The Morgan fingerprint density at radius 1 is 1.44 bits per heavy atom. The van der Waals surface area contributed by atoms with E-state index >= 15 is 0 Å². The molecular formula is C11H14N4O. The van der Waals surface area contributed by atoms with E-state index in [-0.39, 0.29) is 12.1 Å². The Balaban J connectivity index is 2.11.